The van der Waals surface area contributed by atoms with Gasteiger partial charge in [0, 0.05) is 13.6 Å². The average molecular weight is 273 g/mol. The van der Waals surface area contributed by atoms with E-state index in [-0.39, 0.29) is 29.4 Å². The number of aromatic carboxylic acids is 1. The number of carbonyl (C=O) groups excluding carboxylic acids is 1. The van der Waals surface area contributed by atoms with E-state index in [1.165, 1.54) is 30.1 Å². The molecule has 0 aliphatic heterocycles. The summed E-state index contributed by atoms with van der Waals surface area (Å²) < 4.78 is 0. The molecule has 0 spiro atoms. The van der Waals surface area contributed by atoms with Crippen molar-refractivity contribution in [3.63, 3.8) is 0 Å². The fourth-order valence-electron chi connectivity index (χ4n) is 1.31. The Bertz CT molecular complexity index is 464. The van der Waals surface area contributed by atoms with Crippen molar-refractivity contribution in [2.24, 2.45) is 0 Å². The maximum atomic E-state index is 11.7. The molecule has 0 saturated heterocycles. The van der Waals surface area contributed by atoms with Crippen LogP contribution in [0.15, 0.2) is 18.2 Å². The third kappa shape index (κ3) is 3.35. The molecule has 0 saturated carbocycles. The van der Waals surface area contributed by atoms with Crippen molar-refractivity contribution >= 4 is 29.3 Å². The monoisotopic (exact) mass is 272 g/mol. The minimum absolute atomic E-state index is 0.0464. The molecule has 0 aliphatic carbocycles. The number of hydrogen-bond acceptors (Lipinski definition) is 3. The molecule has 0 radical (unpaired) electrons. The molecule has 7 heteroatoms. The standard InChI is InChI=1S/C11H13ClN2O4/c1-14(5-6-15)11(18)13-8-4-2-3-7(12)9(8)10(16)17/h2-4,15H,5-6H2,1H3,(H,13,18)(H,16,17). The number of nitrogens with one attached hydrogen (secondary N) is 1. The Kier molecular flexibility index (Phi) is 4.94. The summed E-state index contributed by atoms with van der Waals surface area (Å²) >= 11 is 5.76. The van der Waals surface area contributed by atoms with Gasteiger partial charge in [0.2, 0.25) is 0 Å². The first kappa shape index (κ1) is 14.3. The third-order valence-electron chi connectivity index (χ3n) is 2.25. The molecule has 1 aromatic carbocycles. The number of carboxylic acid groups (broad SMARTS) is 1. The van der Waals surface area contributed by atoms with Gasteiger partial charge in [-0.05, 0) is 12.1 Å². The molecular formula is C11H13ClN2O4. The quantitative estimate of drug-likeness (QED) is 0.775. The lowest BCUT2D eigenvalue weighted by molar-refractivity contribution is 0.0698. The van der Waals surface area contributed by atoms with E-state index < -0.39 is 12.0 Å². The van der Waals surface area contributed by atoms with Gasteiger partial charge in [0.15, 0.2) is 0 Å². The molecular weight excluding hydrogens is 260 g/mol. The zero-order valence-corrected chi connectivity index (χ0v) is 10.4. The number of carbonyl (C=O) groups is 2. The molecule has 1 aromatic rings. The fraction of sp³-hybridized carbons (Fsp3) is 0.273. The summed E-state index contributed by atoms with van der Waals surface area (Å²) in [7, 11) is 1.48. The first-order valence-corrected chi connectivity index (χ1v) is 5.50. The predicted octanol–water partition coefficient (Wildman–Crippen LogP) is 1.49. The van der Waals surface area contributed by atoms with E-state index in [2.05, 4.69) is 5.32 Å². The normalized spacial score (nSPS) is 9.94. The number of carboxylic acids is 1. The maximum absolute atomic E-state index is 11.7. The Morgan fingerprint density at radius 1 is 1.44 bits per heavy atom. The van der Waals surface area contributed by atoms with E-state index in [1.807, 2.05) is 0 Å². The minimum Gasteiger partial charge on any atom is -0.478 e. The average Bonchev–Trinajstić information content (AvgIpc) is 2.28. The van der Waals surface area contributed by atoms with E-state index in [1.54, 1.807) is 0 Å². The van der Waals surface area contributed by atoms with Crippen molar-refractivity contribution < 1.29 is 19.8 Å². The van der Waals surface area contributed by atoms with Gasteiger partial charge in [0.25, 0.3) is 0 Å². The summed E-state index contributed by atoms with van der Waals surface area (Å²) in [5, 5.41) is 20.2. The van der Waals surface area contributed by atoms with Gasteiger partial charge in [-0.25, -0.2) is 9.59 Å². The van der Waals surface area contributed by atoms with Crippen molar-refractivity contribution in [1.82, 2.24) is 4.90 Å². The molecule has 0 atom stereocenters. The smallest absolute Gasteiger partial charge is 0.339 e. The van der Waals surface area contributed by atoms with Crippen molar-refractivity contribution in [2.45, 2.75) is 0 Å². The number of aliphatic hydroxyl groups excluding tert-OH is 1. The van der Waals surface area contributed by atoms with Crippen molar-refractivity contribution in [2.75, 3.05) is 25.5 Å². The number of anilines is 1. The highest BCUT2D eigenvalue weighted by molar-refractivity contribution is 6.34. The largest absolute Gasteiger partial charge is 0.478 e. The van der Waals surface area contributed by atoms with Crippen LogP contribution in [0.2, 0.25) is 5.02 Å². The van der Waals surface area contributed by atoms with E-state index in [4.69, 9.17) is 21.8 Å². The molecule has 0 heterocycles. The van der Waals surface area contributed by atoms with Crippen molar-refractivity contribution in [1.29, 1.82) is 0 Å². The summed E-state index contributed by atoms with van der Waals surface area (Å²) in [6.45, 7) is -0.0277. The summed E-state index contributed by atoms with van der Waals surface area (Å²) in [6, 6.07) is 3.89. The van der Waals surface area contributed by atoms with Crippen LogP contribution < -0.4 is 5.32 Å². The predicted molar refractivity (Wildman–Crippen MR) is 67.1 cm³/mol. The fourth-order valence-corrected chi connectivity index (χ4v) is 1.56. The lowest BCUT2D eigenvalue weighted by Gasteiger charge is -2.17. The van der Waals surface area contributed by atoms with Gasteiger partial charge in [-0.2, -0.15) is 0 Å². The molecule has 3 N–H and O–H groups in total. The maximum Gasteiger partial charge on any atom is 0.339 e. The van der Waals surface area contributed by atoms with Gasteiger partial charge >= 0.3 is 12.0 Å². The summed E-state index contributed by atoms with van der Waals surface area (Å²) in [5.74, 6) is -1.22. The zero-order valence-electron chi connectivity index (χ0n) is 9.68. The van der Waals surface area contributed by atoms with E-state index >= 15 is 0 Å². The number of amides is 2. The van der Waals surface area contributed by atoms with Crippen LogP contribution in [-0.2, 0) is 0 Å². The lowest BCUT2D eigenvalue weighted by atomic mass is 10.2. The second kappa shape index (κ2) is 6.23. The summed E-state index contributed by atoms with van der Waals surface area (Å²) in [5.41, 5.74) is -0.0466. The molecule has 1 rings (SSSR count). The van der Waals surface area contributed by atoms with Crippen LogP contribution in [0.5, 0.6) is 0 Å². The number of aliphatic hydroxyl groups is 1. The Labute approximate surface area is 109 Å². The van der Waals surface area contributed by atoms with Crippen LogP contribution in [0.4, 0.5) is 10.5 Å². The number of hydrogen-bond donors (Lipinski definition) is 3. The van der Waals surface area contributed by atoms with Crippen LogP contribution in [-0.4, -0.2) is 47.3 Å². The number of benzene rings is 1. The second-order valence-electron chi connectivity index (χ2n) is 3.54. The van der Waals surface area contributed by atoms with Crippen LogP contribution in [0.25, 0.3) is 0 Å². The second-order valence-corrected chi connectivity index (χ2v) is 3.95. The van der Waals surface area contributed by atoms with Gasteiger partial charge < -0.3 is 20.4 Å². The molecule has 2 amide bonds. The van der Waals surface area contributed by atoms with Crippen LogP contribution in [0, 0.1) is 0 Å². The molecule has 18 heavy (non-hydrogen) atoms. The molecule has 0 bridgehead atoms. The molecule has 98 valence electrons. The molecule has 0 aliphatic rings. The molecule has 0 fully saturated rings. The number of rotatable bonds is 4. The zero-order chi connectivity index (χ0) is 13.7. The van der Waals surface area contributed by atoms with Crippen LogP contribution >= 0.6 is 11.6 Å². The van der Waals surface area contributed by atoms with Crippen LogP contribution in [0.3, 0.4) is 0 Å². The van der Waals surface area contributed by atoms with E-state index in [9.17, 15) is 9.59 Å². The third-order valence-corrected chi connectivity index (χ3v) is 2.57. The summed E-state index contributed by atoms with van der Waals surface area (Å²) in [4.78, 5) is 23.9. The SMILES string of the molecule is CN(CCO)C(=O)Nc1cccc(Cl)c1C(=O)O. The number of halogens is 1. The first-order chi connectivity index (χ1) is 8.47. The lowest BCUT2D eigenvalue weighted by Crippen LogP contribution is -2.33. The van der Waals surface area contributed by atoms with Gasteiger partial charge in [0.1, 0.15) is 5.56 Å². The Morgan fingerprint density at radius 3 is 2.67 bits per heavy atom. The highest BCUT2D eigenvalue weighted by atomic mass is 35.5. The van der Waals surface area contributed by atoms with Gasteiger partial charge in [0.05, 0.1) is 17.3 Å². The van der Waals surface area contributed by atoms with Crippen LogP contribution in [0.1, 0.15) is 10.4 Å². The molecule has 0 unspecified atom stereocenters. The van der Waals surface area contributed by atoms with E-state index in [0.717, 1.165) is 0 Å². The first-order valence-electron chi connectivity index (χ1n) is 5.12. The Morgan fingerprint density at radius 2 is 2.11 bits per heavy atom. The summed E-state index contributed by atoms with van der Waals surface area (Å²) in [6.07, 6.45) is 0. The highest BCUT2D eigenvalue weighted by Crippen LogP contribution is 2.24. The van der Waals surface area contributed by atoms with Crippen molar-refractivity contribution in [3.05, 3.63) is 28.8 Å². The van der Waals surface area contributed by atoms with Gasteiger partial charge in [-0.3, -0.25) is 0 Å². The molecule has 0 aromatic heterocycles. The molecule has 6 nitrogen and oxygen atoms in total. The highest BCUT2D eigenvalue weighted by Gasteiger charge is 2.17. The van der Waals surface area contributed by atoms with Crippen molar-refractivity contribution in [3.8, 4) is 0 Å². The number of urea groups is 1. The van der Waals surface area contributed by atoms with Gasteiger partial charge in [-0.1, -0.05) is 17.7 Å². The number of likely N-dealkylation sites (N-methyl/N-ethyl adjacent to an activating group) is 1. The topological polar surface area (TPSA) is 89.9 Å². The van der Waals surface area contributed by atoms with Gasteiger partial charge in [-0.15, -0.1) is 0 Å². The Balaban J connectivity index is 2.94. The van der Waals surface area contributed by atoms with E-state index in [0.29, 0.717) is 0 Å². The minimum atomic E-state index is -1.22. The number of nitrogens with zero attached hydrogens (tertiary/aromatic N) is 1. The Hall–Kier alpha value is -1.79.